The average molecular weight is 574 g/mol. The topological polar surface area (TPSA) is 79.6 Å². The monoisotopic (exact) mass is 573 g/mol. The van der Waals surface area contributed by atoms with Crippen LogP contribution in [0.15, 0.2) is 23.2 Å². The number of nitrogens with zero attached hydrogens (tertiary/aromatic N) is 5. The maximum atomic E-state index is 6.22. The number of aliphatic imine (C=N–C) groups is 1. The zero-order chi connectivity index (χ0) is 21.6. The summed E-state index contributed by atoms with van der Waals surface area (Å²) in [6.07, 6.45) is 5.66. The molecule has 8 nitrogen and oxygen atoms in total. The van der Waals surface area contributed by atoms with Gasteiger partial charge in [0, 0.05) is 43.7 Å². The number of anilines is 1. The molecule has 1 aromatic carbocycles. The van der Waals surface area contributed by atoms with Crippen LogP contribution in [0.1, 0.15) is 44.3 Å². The number of aryl methyl sites for hydroxylation is 1. The van der Waals surface area contributed by atoms with Crippen molar-refractivity contribution in [3.8, 4) is 5.75 Å². The van der Waals surface area contributed by atoms with Crippen LogP contribution in [0.25, 0.3) is 0 Å². The summed E-state index contributed by atoms with van der Waals surface area (Å²) >= 11 is 6.22. The number of ether oxygens (including phenoxy) is 1. The first-order chi connectivity index (χ1) is 15.2. The van der Waals surface area contributed by atoms with E-state index in [0.29, 0.717) is 6.54 Å². The van der Waals surface area contributed by atoms with Gasteiger partial charge < -0.3 is 24.8 Å². The Balaban J connectivity index is 0.00000289. The van der Waals surface area contributed by atoms with Crippen molar-refractivity contribution in [2.45, 2.75) is 58.2 Å². The lowest BCUT2D eigenvalue weighted by atomic mass is 10.2. The van der Waals surface area contributed by atoms with Crippen LogP contribution in [-0.2, 0) is 19.5 Å². The molecule has 1 fully saturated rings. The molecule has 10 heteroatoms. The Kier molecular flexibility index (Phi) is 9.27. The fraction of sp³-hybridized carbons (Fsp3) is 0.591. The Labute approximate surface area is 212 Å². The van der Waals surface area contributed by atoms with Crippen LogP contribution in [0.5, 0.6) is 5.75 Å². The Morgan fingerprint density at radius 3 is 2.94 bits per heavy atom. The minimum atomic E-state index is 0. The van der Waals surface area contributed by atoms with Crippen molar-refractivity contribution in [2.75, 3.05) is 31.6 Å². The molecule has 3 heterocycles. The van der Waals surface area contributed by atoms with E-state index in [1.165, 1.54) is 19.3 Å². The second-order valence-corrected chi connectivity index (χ2v) is 8.52. The highest BCUT2D eigenvalue weighted by Crippen LogP contribution is 2.33. The molecule has 0 saturated carbocycles. The standard InChI is InChI=1S/C22H32ClN7O.HI/c1-3-24-22(25-14-21-28-27-20-7-5-4-6-11-30(20)21)26-17-10-12-29(15-17)18-13-16(23)8-9-19(18)31-2;/h8-9,13,17H,3-7,10-12,14-15H2,1-2H3,(H2,24,25,26);1H. The number of hydrogen-bond donors (Lipinski definition) is 2. The summed E-state index contributed by atoms with van der Waals surface area (Å²) in [7, 11) is 1.69. The van der Waals surface area contributed by atoms with Crippen LogP contribution < -0.4 is 20.3 Å². The molecule has 0 bridgehead atoms. The number of methoxy groups -OCH3 is 1. The second-order valence-electron chi connectivity index (χ2n) is 8.08. The number of rotatable bonds is 6. The van der Waals surface area contributed by atoms with Gasteiger partial charge in [-0.1, -0.05) is 18.0 Å². The number of guanidine groups is 1. The number of halogens is 2. The Bertz CT molecular complexity index is 920. The Hall–Kier alpha value is -1.75. The molecule has 1 aromatic heterocycles. The van der Waals surface area contributed by atoms with Crippen LogP contribution in [-0.4, -0.2) is 53.5 Å². The van der Waals surface area contributed by atoms with Gasteiger partial charge in [-0.3, -0.25) is 0 Å². The van der Waals surface area contributed by atoms with E-state index >= 15 is 0 Å². The zero-order valence-corrected chi connectivity index (χ0v) is 21.9. The summed E-state index contributed by atoms with van der Waals surface area (Å²) in [6.45, 7) is 6.21. The van der Waals surface area contributed by atoms with E-state index in [1.807, 2.05) is 18.2 Å². The van der Waals surface area contributed by atoms with E-state index in [4.69, 9.17) is 21.3 Å². The van der Waals surface area contributed by atoms with Crippen molar-refractivity contribution in [1.82, 2.24) is 25.4 Å². The largest absolute Gasteiger partial charge is 0.495 e. The van der Waals surface area contributed by atoms with Crippen molar-refractivity contribution in [3.63, 3.8) is 0 Å². The van der Waals surface area contributed by atoms with E-state index < -0.39 is 0 Å². The van der Waals surface area contributed by atoms with Crippen molar-refractivity contribution < 1.29 is 4.74 Å². The number of aromatic nitrogens is 3. The molecule has 2 aromatic rings. The molecule has 1 unspecified atom stereocenters. The average Bonchev–Trinajstić information content (AvgIpc) is 3.32. The molecular weight excluding hydrogens is 541 g/mol. The van der Waals surface area contributed by atoms with E-state index in [0.717, 1.165) is 73.1 Å². The molecular formula is C22H33ClIN7O. The number of fused-ring (bicyclic) bond motifs is 1. The van der Waals surface area contributed by atoms with Crippen LogP contribution in [0.4, 0.5) is 5.69 Å². The molecule has 0 spiro atoms. The van der Waals surface area contributed by atoms with Crippen LogP contribution >= 0.6 is 35.6 Å². The van der Waals surface area contributed by atoms with Crippen molar-refractivity contribution in [1.29, 1.82) is 0 Å². The fourth-order valence-electron chi connectivity index (χ4n) is 4.33. The predicted molar refractivity (Wildman–Crippen MR) is 140 cm³/mol. The van der Waals surface area contributed by atoms with Gasteiger partial charge in [0.15, 0.2) is 11.8 Å². The van der Waals surface area contributed by atoms with Crippen molar-refractivity contribution in [3.05, 3.63) is 34.9 Å². The van der Waals surface area contributed by atoms with Gasteiger partial charge in [0.05, 0.1) is 12.8 Å². The quantitative estimate of drug-likeness (QED) is 0.312. The van der Waals surface area contributed by atoms with Gasteiger partial charge >= 0.3 is 0 Å². The van der Waals surface area contributed by atoms with Gasteiger partial charge in [-0.05, 0) is 44.4 Å². The zero-order valence-electron chi connectivity index (χ0n) is 18.8. The predicted octanol–water partition coefficient (Wildman–Crippen LogP) is 3.62. The lowest BCUT2D eigenvalue weighted by Crippen LogP contribution is -2.44. The lowest BCUT2D eigenvalue weighted by molar-refractivity contribution is 0.415. The molecule has 32 heavy (non-hydrogen) atoms. The highest BCUT2D eigenvalue weighted by molar-refractivity contribution is 14.0. The van der Waals surface area contributed by atoms with E-state index in [1.54, 1.807) is 7.11 Å². The molecule has 0 aliphatic carbocycles. The van der Waals surface area contributed by atoms with E-state index in [-0.39, 0.29) is 30.0 Å². The highest BCUT2D eigenvalue weighted by Gasteiger charge is 2.25. The fourth-order valence-corrected chi connectivity index (χ4v) is 4.50. The normalized spacial score (nSPS) is 18.5. The van der Waals surface area contributed by atoms with Crippen molar-refractivity contribution in [2.24, 2.45) is 4.99 Å². The minimum absolute atomic E-state index is 0. The molecule has 0 amide bonds. The smallest absolute Gasteiger partial charge is 0.191 e. The van der Waals surface area contributed by atoms with Crippen LogP contribution in [0.3, 0.4) is 0 Å². The first-order valence-corrected chi connectivity index (χ1v) is 11.6. The highest BCUT2D eigenvalue weighted by atomic mass is 127. The molecule has 2 aliphatic heterocycles. The van der Waals surface area contributed by atoms with Gasteiger partial charge in [0.2, 0.25) is 0 Å². The summed E-state index contributed by atoms with van der Waals surface area (Å²) in [5.41, 5.74) is 1.03. The first kappa shape index (κ1) is 24.9. The first-order valence-electron chi connectivity index (χ1n) is 11.2. The van der Waals surface area contributed by atoms with Gasteiger partial charge in [0.1, 0.15) is 18.1 Å². The third kappa shape index (κ3) is 5.98. The van der Waals surface area contributed by atoms with Crippen LogP contribution in [0.2, 0.25) is 5.02 Å². The number of nitrogens with one attached hydrogen (secondary N) is 2. The van der Waals surface area contributed by atoms with Gasteiger partial charge in [-0.25, -0.2) is 4.99 Å². The maximum Gasteiger partial charge on any atom is 0.191 e. The summed E-state index contributed by atoms with van der Waals surface area (Å²) in [4.78, 5) is 7.12. The minimum Gasteiger partial charge on any atom is -0.495 e. The second kappa shape index (κ2) is 11.9. The van der Waals surface area contributed by atoms with Crippen molar-refractivity contribution >= 4 is 47.2 Å². The molecule has 1 atom stereocenters. The third-order valence-corrected chi connectivity index (χ3v) is 6.15. The summed E-state index contributed by atoms with van der Waals surface area (Å²) in [5, 5.41) is 16.5. The number of benzene rings is 1. The Morgan fingerprint density at radius 1 is 1.25 bits per heavy atom. The molecule has 176 valence electrons. The lowest BCUT2D eigenvalue weighted by Gasteiger charge is -2.22. The van der Waals surface area contributed by atoms with E-state index in [9.17, 15) is 0 Å². The SMILES string of the molecule is CCNC(=NCc1nnc2n1CCCCC2)NC1CCN(c2cc(Cl)ccc2OC)C1.I. The Morgan fingerprint density at radius 2 is 2.12 bits per heavy atom. The van der Waals surface area contributed by atoms with Gasteiger partial charge in [-0.2, -0.15) is 0 Å². The summed E-state index contributed by atoms with van der Waals surface area (Å²) < 4.78 is 7.78. The summed E-state index contributed by atoms with van der Waals surface area (Å²) in [5.74, 6) is 3.71. The molecule has 4 rings (SSSR count). The number of hydrogen-bond acceptors (Lipinski definition) is 5. The third-order valence-electron chi connectivity index (χ3n) is 5.92. The molecule has 2 N–H and O–H groups in total. The molecule has 2 aliphatic rings. The summed E-state index contributed by atoms with van der Waals surface area (Å²) in [6, 6.07) is 6.04. The van der Waals surface area contributed by atoms with Crippen LogP contribution in [0, 0.1) is 0 Å². The maximum absolute atomic E-state index is 6.22. The van der Waals surface area contributed by atoms with E-state index in [2.05, 4.69) is 37.2 Å². The molecule has 1 saturated heterocycles. The molecule has 0 radical (unpaired) electrons. The van der Waals surface area contributed by atoms with Gasteiger partial charge in [-0.15, -0.1) is 34.2 Å². The van der Waals surface area contributed by atoms with Gasteiger partial charge in [0.25, 0.3) is 0 Å².